The van der Waals surface area contributed by atoms with Crippen LogP contribution in [-0.2, 0) is 6.18 Å². The molecule has 3 nitrogen and oxygen atoms in total. The molecule has 0 bridgehead atoms. The Balaban J connectivity index is 2.30. The van der Waals surface area contributed by atoms with Gasteiger partial charge in [0.15, 0.2) is 5.13 Å². The number of piperazine rings is 1. The summed E-state index contributed by atoms with van der Waals surface area (Å²) in [5.74, 6) is 0.595. The van der Waals surface area contributed by atoms with Crippen LogP contribution >= 0.6 is 11.3 Å². The summed E-state index contributed by atoms with van der Waals surface area (Å²) >= 11 is 1.30. The molecule has 1 saturated heterocycles. The van der Waals surface area contributed by atoms with Gasteiger partial charge in [-0.2, -0.15) is 13.2 Å². The molecule has 0 aliphatic carbocycles. The molecular formula is C17H24F3N3S. The Morgan fingerprint density at radius 1 is 1.42 bits per heavy atom. The lowest BCUT2D eigenvalue weighted by molar-refractivity contribution is -0.137. The first-order chi connectivity index (χ1) is 11.3. The van der Waals surface area contributed by atoms with E-state index in [0.29, 0.717) is 16.8 Å². The van der Waals surface area contributed by atoms with Crippen molar-refractivity contribution in [3.8, 4) is 0 Å². The Bertz CT molecular complexity index is 597. The van der Waals surface area contributed by atoms with Crippen molar-refractivity contribution in [3.05, 3.63) is 34.8 Å². The fourth-order valence-electron chi connectivity index (χ4n) is 2.77. The van der Waals surface area contributed by atoms with Crippen molar-refractivity contribution in [1.29, 1.82) is 0 Å². The molecule has 1 aromatic rings. The number of hydrogen-bond acceptors (Lipinski definition) is 4. The predicted octanol–water partition coefficient (Wildman–Crippen LogP) is 4.42. The lowest BCUT2D eigenvalue weighted by atomic mass is 10.0. The molecule has 7 heteroatoms. The van der Waals surface area contributed by atoms with Crippen molar-refractivity contribution in [1.82, 2.24) is 10.3 Å². The van der Waals surface area contributed by atoms with E-state index in [9.17, 15) is 13.2 Å². The van der Waals surface area contributed by atoms with Crippen molar-refractivity contribution in [2.24, 2.45) is 5.92 Å². The van der Waals surface area contributed by atoms with Gasteiger partial charge in [0.1, 0.15) is 0 Å². The third-order valence-corrected chi connectivity index (χ3v) is 4.75. The van der Waals surface area contributed by atoms with E-state index in [-0.39, 0.29) is 0 Å². The van der Waals surface area contributed by atoms with Crippen LogP contribution in [0.25, 0.3) is 0 Å². The van der Waals surface area contributed by atoms with E-state index in [0.717, 1.165) is 37.3 Å². The van der Waals surface area contributed by atoms with Crippen LogP contribution in [0.4, 0.5) is 18.3 Å². The number of anilines is 1. The Hall–Kier alpha value is -1.34. The number of aromatic nitrogens is 1. The SMILES string of the molecule is Cc1cc(C(F)(F)F)cccnc(N2CCN[C@H](CC(C)C)C2)s1. The van der Waals surface area contributed by atoms with Crippen LogP contribution in [0.15, 0.2) is 24.4 Å². The first-order valence-corrected chi connectivity index (χ1v) is 8.93. The third kappa shape index (κ3) is 5.63. The molecule has 1 fully saturated rings. The number of aryl methyl sites for hydroxylation is 1. The maximum atomic E-state index is 13.0. The van der Waals surface area contributed by atoms with Gasteiger partial charge in [0.2, 0.25) is 0 Å². The number of hydrogen-bond donors (Lipinski definition) is 1. The molecule has 1 N–H and O–H groups in total. The average molecular weight is 359 g/mol. The van der Waals surface area contributed by atoms with Crippen molar-refractivity contribution in [2.45, 2.75) is 39.4 Å². The smallest absolute Gasteiger partial charge is 0.345 e. The van der Waals surface area contributed by atoms with Crippen LogP contribution in [0, 0.1) is 12.8 Å². The molecule has 0 unspecified atom stereocenters. The third-order valence-electron chi connectivity index (χ3n) is 3.77. The summed E-state index contributed by atoms with van der Waals surface area (Å²) in [4.78, 5) is 7.14. The fraction of sp³-hybridized carbons (Fsp3) is 0.588. The molecule has 2 rings (SSSR count). The zero-order valence-electron chi connectivity index (χ0n) is 14.2. The topological polar surface area (TPSA) is 28.2 Å². The van der Waals surface area contributed by atoms with E-state index < -0.39 is 11.7 Å². The zero-order chi connectivity index (χ0) is 17.7. The van der Waals surface area contributed by atoms with Crippen molar-refractivity contribution in [2.75, 3.05) is 24.5 Å². The maximum absolute atomic E-state index is 13.0. The van der Waals surface area contributed by atoms with Crippen LogP contribution in [0.2, 0.25) is 0 Å². The highest BCUT2D eigenvalue weighted by atomic mass is 32.1. The van der Waals surface area contributed by atoms with Crippen LogP contribution in [0.1, 0.15) is 30.7 Å². The van der Waals surface area contributed by atoms with Crippen molar-refractivity contribution < 1.29 is 13.2 Å². The Morgan fingerprint density at radius 2 is 2.17 bits per heavy atom. The van der Waals surface area contributed by atoms with Crippen molar-refractivity contribution in [3.63, 3.8) is 0 Å². The van der Waals surface area contributed by atoms with Gasteiger partial charge in [-0.1, -0.05) is 13.8 Å². The highest BCUT2D eigenvalue weighted by molar-refractivity contribution is 7.15. The number of alkyl halides is 3. The second-order valence-corrected chi connectivity index (χ2v) is 7.67. The number of nitrogens with one attached hydrogen (secondary N) is 1. The summed E-state index contributed by atoms with van der Waals surface area (Å²) in [5, 5.41) is 4.26. The van der Waals surface area contributed by atoms with Gasteiger partial charge >= 0.3 is 6.18 Å². The van der Waals surface area contributed by atoms with Gasteiger partial charge in [0.25, 0.3) is 0 Å². The monoisotopic (exact) mass is 359 g/mol. The Morgan fingerprint density at radius 3 is 2.83 bits per heavy atom. The molecule has 0 spiro atoms. The molecular weight excluding hydrogens is 335 g/mol. The van der Waals surface area contributed by atoms with E-state index in [1.165, 1.54) is 29.7 Å². The minimum atomic E-state index is -4.35. The van der Waals surface area contributed by atoms with E-state index in [1.54, 1.807) is 6.92 Å². The Labute approximate surface area is 145 Å². The van der Waals surface area contributed by atoms with E-state index in [1.807, 2.05) is 0 Å². The van der Waals surface area contributed by atoms with Gasteiger partial charge in [-0.05, 0) is 37.5 Å². The van der Waals surface area contributed by atoms with Gasteiger partial charge in [-0.25, -0.2) is 4.98 Å². The molecule has 134 valence electrons. The fourth-order valence-corrected chi connectivity index (χ4v) is 3.65. The summed E-state index contributed by atoms with van der Waals surface area (Å²) < 4.78 is 38.9. The number of rotatable bonds is 3. The molecule has 2 heterocycles. The quantitative estimate of drug-likeness (QED) is 0.866. The van der Waals surface area contributed by atoms with Crippen molar-refractivity contribution >= 4 is 16.5 Å². The predicted molar refractivity (Wildman–Crippen MR) is 92.9 cm³/mol. The van der Waals surface area contributed by atoms with Gasteiger partial charge < -0.3 is 10.2 Å². The summed E-state index contributed by atoms with van der Waals surface area (Å²) in [6.07, 6.45) is -1.84. The summed E-state index contributed by atoms with van der Waals surface area (Å²) in [6, 6.07) is 3.98. The summed E-state index contributed by atoms with van der Waals surface area (Å²) in [7, 11) is 0. The van der Waals surface area contributed by atoms with E-state index >= 15 is 0 Å². The van der Waals surface area contributed by atoms with E-state index in [2.05, 4.69) is 29.0 Å². The first-order valence-electron chi connectivity index (χ1n) is 8.12. The average Bonchev–Trinajstić information content (AvgIpc) is 2.56. The maximum Gasteiger partial charge on any atom is 0.416 e. The standard InChI is InChI=1S/C17H24F3N3S/c1-12(2)9-15-11-23(8-7-21-15)16-22-6-4-5-14(17(18,19)20)10-13(3)24-16/h4-6,10,12,15,21H,7-9,11H2,1-3H3/t15-/m1/s1. The second-order valence-electron chi connectivity index (χ2n) is 6.46. The molecule has 0 amide bonds. The molecule has 1 aromatic heterocycles. The molecule has 0 radical (unpaired) electrons. The Kier molecular flexibility index (Phi) is 6.46. The number of halogens is 3. The second kappa shape index (κ2) is 8.16. The molecule has 0 saturated carbocycles. The molecule has 0 aromatic carbocycles. The van der Waals surface area contributed by atoms with Gasteiger partial charge in [-0.3, -0.25) is 0 Å². The van der Waals surface area contributed by atoms with Crippen LogP contribution in [0.3, 0.4) is 0 Å². The molecule has 1 atom stereocenters. The number of nitrogens with zero attached hydrogens (tertiary/aromatic N) is 2. The van der Waals surface area contributed by atoms with Gasteiger partial charge in [-0.15, -0.1) is 11.3 Å². The zero-order valence-corrected chi connectivity index (χ0v) is 15.0. The lowest BCUT2D eigenvalue weighted by Crippen LogP contribution is -2.51. The molecule has 24 heavy (non-hydrogen) atoms. The van der Waals surface area contributed by atoms with Crippen LogP contribution < -0.4 is 10.2 Å². The highest BCUT2D eigenvalue weighted by Crippen LogP contribution is 2.30. The summed E-state index contributed by atoms with van der Waals surface area (Å²) in [5.41, 5.74) is -0.654. The lowest BCUT2D eigenvalue weighted by Gasteiger charge is -2.34. The largest absolute Gasteiger partial charge is 0.416 e. The molecule has 1 aliphatic rings. The molecule has 1 aliphatic heterocycles. The highest BCUT2D eigenvalue weighted by Gasteiger charge is 2.30. The minimum Gasteiger partial charge on any atom is -0.345 e. The van der Waals surface area contributed by atoms with Crippen LogP contribution in [-0.4, -0.2) is 30.7 Å². The van der Waals surface area contributed by atoms with Gasteiger partial charge in [0, 0.05) is 36.8 Å². The normalized spacial score (nSPS) is 18.6. The summed E-state index contributed by atoms with van der Waals surface area (Å²) in [6.45, 7) is 8.56. The van der Waals surface area contributed by atoms with Crippen LogP contribution in [0.5, 0.6) is 0 Å². The van der Waals surface area contributed by atoms with Gasteiger partial charge in [0.05, 0.1) is 5.56 Å². The minimum absolute atomic E-state index is 0.381. The first kappa shape index (κ1) is 19.0. The van der Waals surface area contributed by atoms with E-state index in [4.69, 9.17) is 0 Å².